The predicted octanol–water partition coefficient (Wildman–Crippen LogP) is 1.28. The van der Waals surface area contributed by atoms with Crippen LogP contribution in [0.15, 0.2) is 18.3 Å². The van der Waals surface area contributed by atoms with Crippen molar-refractivity contribution in [2.24, 2.45) is 0 Å². The van der Waals surface area contributed by atoms with Crippen LogP contribution in [0.2, 0.25) is 0 Å². The molecule has 0 amide bonds. The Balaban J connectivity index is 3.15. The summed E-state index contributed by atoms with van der Waals surface area (Å²) in [6, 6.07) is 3.34. The van der Waals surface area contributed by atoms with Gasteiger partial charge >= 0.3 is 0 Å². The molecular formula is C8H7NO. The Hall–Kier alpha value is -1.18. The van der Waals surface area contributed by atoms with Gasteiger partial charge in [-0.1, -0.05) is 0 Å². The van der Waals surface area contributed by atoms with Crippen LogP contribution in [0.3, 0.4) is 0 Å². The summed E-state index contributed by atoms with van der Waals surface area (Å²) in [4.78, 5) is 14.5. The third-order valence-electron chi connectivity index (χ3n) is 1.27. The van der Waals surface area contributed by atoms with E-state index in [4.69, 9.17) is 6.92 Å². The largest absolute Gasteiger partial charge is 0.294 e. The second-order valence-electron chi connectivity index (χ2n) is 2.00. The fraction of sp³-hybridized carbons (Fsp3) is 0.125. The highest BCUT2D eigenvalue weighted by Crippen LogP contribution is 2.02. The molecule has 0 atom stereocenters. The van der Waals surface area contributed by atoms with E-state index in [0.29, 0.717) is 11.3 Å². The number of ketones is 1. The summed E-state index contributed by atoms with van der Waals surface area (Å²) in [5.74, 6) is -0.425. The van der Waals surface area contributed by atoms with Gasteiger partial charge in [0.05, 0.1) is 0 Å². The van der Waals surface area contributed by atoms with Gasteiger partial charge in [-0.25, -0.2) is 0 Å². The number of rotatable bonds is 1. The first-order chi connectivity index (χ1) is 4.72. The molecule has 0 bridgehead atoms. The average molecular weight is 133 g/mol. The lowest BCUT2D eigenvalue weighted by Crippen LogP contribution is -1.97. The molecule has 2 heteroatoms. The SMILES string of the molecule is [CH]C(=O)c1cccnc1C. The smallest absolute Gasteiger partial charge is 0.169 e. The highest BCUT2D eigenvalue weighted by molar-refractivity contribution is 6.00. The van der Waals surface area contributed by atoms with Gasteiger partial charge < -0.3 is 0 Å². The van der Waals surface area contributed by atoms with E-state index in [1.165, 1.54) is 0 Å². The number of aromatic nitrogens is 1. The minimum Gasteiger partial charge on any atom is -0.294 e. The van der Waals surface area contributed by atoms with Gasteiger partial charge in [-0.15, -0.1) is 0 Å². The molecule has 1 rings (SSSR count). The molecule has 0 aromatic carbocycles. The van der Waals surface area contributed by atoms with Gasteiger partial charge in [0.25, 0.3) is 0 Å². The molecule has 1 heterocycles. The van der Waals surface area contributed by atoms with E-state index in [1.54, 1.807) is 25.3 Å². The molecular weight excluding hydrogens is 126 g/mol. The van der Waals surface area contributed by atoms with Crippen molar-refractivity contribution < 1.29 is 4.79 Å². The van der Waals surface area contributed by atoms with Crippen molar-refractivity contribution in [2.75, 3.05) is 0 Å². The third kappa shape index (κ3) is 1.21. The maximum atomic E-state index is 10.6. The number of carbonyl (C=O) groups is 1. The summed E-state index contributed by atoms with van der Waals surface area (Å²) < 4.78 is 0. The number of hydrogen-bond donors (Lipinski definition) is 0. The number of nitrogens with zero attached hydrogens (tertiary/aromatic N) is 1. The van der Waals surface area contributed by atoms with Crippen LogP contribution in [0, 0.1) is 13.8 Å². The standard InChI is InChI=1S/C8H7NO/c1-6-8(7(2)10)4-3-5-9-6/h2-5H,1H3. The number of hydrogen-bond acceptors (Lipinski definition) is 2. The zero-order valence-corrected chi connectivity index (χ0v) is 5.66. The quantitative estimate of drug-likeness (QED) is 0.540. The van der Waals surface area contributed by atoms with Crippen molar-refractivity contribution in [3.8, 4) is 0 Å². The van der Waals surface area contributed by atoms with Crippen LogP contribution in [0.1, 0.15) is 16.1 Å². The fourth-order valence-corrected chi connectivity index (χ4v) is 0.745. The van der Waals surface area contributed by atoms with Crippen molar-refractivity contribution in [3.05, 3.63) is 36.5 Å². The van der Waals surface area contributed by atoms with Gasteiger partial charge in [0.2, 0.25) is 0 Å². The lowest BCUT2D eigenvalue weighted by atomic mass is 10.1. The molecule has 0 N–H and O–H groups in total. The zero-order chi connectivity index (χ0) is 7.56. The minimum absolute atomic E-state index is 0.425. The summed E-state index contributed by atoms with van der Waals surface area (Å²) in [6.07, 6.45) is 1.63. The van der Waals surface area contributed by atoms with Crippen LogP contribution in [0.4, 0.5) is 0 Å². The summed E-state index contributed by atoms with van der Waals surface area (Å²) in [5.41, 5.74) is 1.16. The van der Waals surface area contributed by atoms with E-state index >= 15 is 0 Å². The Bertz CT molecular complexity index is 255. The van der Waals surface area contributed by atoms with E-state index in [9.17, 15) is 4.79 Å². The number of carbonyl (C=O) groups excluding carboxylic acids is 1. The van der Waals surface area contributed by atoms with Crippen LogP contribution < -0.4 is 0 Å². The normalized spacial score (nSPS) is 9.40. The maximum absolute atomic E-state index is 10.6. The number of pyridine rings is 1. The Morgan fingerprint density at radius 3 is 2.80 bits per heavy atom. The van der Waals surface area contributed by atoms with Crippen LogP contribution in [-0.4, -0.2) is 10.8 Å². The topological polar surface area (TPSA) is 30.0 Å². The molecule has 0 aliphatic rings. The average Bonchev–Trinajstić information content (AvgIpc) is 1.88. The molecule has 0 aliphatic carbocycles. The second-order valence-corrected chi connectivity index (χ2v) is 2.00. The van der Waals surface area contributed by atoms with Gasteiger partial charge in [-0.2, -0.15) is 0 Å². The summed E-state index contributed by atoms with van der Waals surface area (Å²) in [7, 11) is 0. The zero-order valence-electron chi connectivity index (χ0n) is 5.66. The molecule has 0 saturated heterocycles. The van der Waals surface area contributed by atoms with Crippen LogP contribution in [0.25, 0.3) is 0 Å². The highest BCUT2D eigenvalue weighted by atomic mass is 16.1. The number of aryl methyl sites for hydroxylation is 1. The fourth-order valence-electron chi connectivity index (χ4n) is 0.745. The third-order valence-corrected chi connectivity index (χ3v) is 1.27. The van der Waals surface area contributed by atoms with Crippen molar-refractivity contribution in [2.45, 2.75) is 6.92 Å². The Morgan fingerprint density at radius 1 is 1.70 bits per heavy atom. The predicted molar refractivity (Wildman–Crippen MR) is 37.6 cm³/mol. The van der Waals surface area contributed by atoms with Gasteiger partial charge in [-0.05, 0) is 19.1 Å². The van der Waals surface area contributed by atoms with Crippen molar-refractivity contribution >= 4 is 5.78 Å². The molecule has 0 saturated carbocycles. The molecule has 50 valence electrons. The Kier molecular flexibility index (Phi) is 1.81. The summed E-state index contributed by atoms with van der Waals surface area (Å²) >= 11 is 0. The first kappa shape index (κ1) is 6.93. The molecule has 10 heavy (non-hydrogen) atoms. The molecule has 0 spiro atoms. The molecule has 0 fully saturated rings. The molecule has 0 aliphatic heterocycles. The van der Waals surface area contributed by atoms with Crippen LogP contribution in [0.5, 0.6) is 0 Å². The van der Waals surface area contributed by atoms with Crippen molar-refractivity contribution in [1.29, 1.82) is 0 Å². The number of Topliss-reactive ketones (excluding diaryl/α,β-unsaturated/α-hetero) is 1. The molecule has 2 radical (unpaired) electrons. The molecule has 0 unspecified atom stereocenters. The van der Waals surface area contributed by atoms with Crippen molar-refractivity contribution in [1.82, 2.24) is 4.98 Å². The van der Waals surface area contributed by atoms with Gasteiger partial charge in [0.1, 0.15) is 0 Å². The first-order valence-electron chi connectivity index (χ1n) is 2.93. The van der Waals surface area contributed by atoms with Gasteiger partial charge in [0, 0.05) is 24.4 Å². The van der Waals surface area contributed by atoms with E-state index in [-0.39, 0.29) is 0 Å². The molecule has 2 nitrogen and oxygen atoms in total. The lowest BCUT2D eigenvalue weighted by molar-refractivity contribution is 0.104. The Labute approximate surface area is 59.9 Å². The van der Waals surface area contributed by atoms with Crippen molar-refractivity contribution in [3.63, 3.8) is 0 Å². The maximum Gasteiger partial charge on any atom is 0.169 e. The monoisotopic (exact) mass is 133 g/mol. The molecule has 1 aromatic rings. The molecule has 1 aromatic heterocycles. The summed E-state index contributed by atoms with van der Waals surface area (Å²) in [6.45, 7) is 6.79. The van der Waals surface area contributed by atoms with E-state index in [1.807, 2.05) is 0 Å². The lowest BCUT2D eigenvalue weighted by Gasteiger charge is -1.96. The van der Waals surface area contributed by atoms with E-state index in [2.05, 4.69) is 4.98 Å². The van der Waals surface area contributed by atoms with E-state index < -0.39 is 5.78 Å². The highest BCUT2D eigenvalue weighted by Gasteiger charge is 2.01. The first-order valence-corrected chi connectivity index (χ1v) is 2.93. The second kappa shape index (κ2) is 2.60. The minimum atomic E-state index is -0.425. The Morgan fingerprint density at radius 2 is 2.40 bits per heavy atom. The van der Waals surface area contributed by atoms with Crippen LogP contribution in [-0.2, 0) is 0 Å². The van der Waals surface area contributed by atoms with Gasteiger partial charge in [-0.3, -0.25) is 9.78 Å². The summed E-state index contributed by atoms with van der Waals surface area (Å²) in [5, 5.41) is 0. The van der Waals surface area contributed by atoms with E-state index in [0.717, 1.165) is 0 Å². The van der Waals surface area contributed by atoms with Gasteiger partial charge in [0.15, 0.2) is 5.78 Å². The van der Waals surface area contributed by atoms with Crippen LogP contribution >= 0.6 is 0 Å².